The normalized spacial score (nSPS) is 19.5. The molecule has 0 spiro atoms. The molecule has 0 bridgehead atoms. The van der Waals surface area contributed by atoms with Crippen LogP contribution in [0, 0.1) is 13.8 Å². The van der Waals surface area contributed by atoms with E-state index in [1.807, 2.05) is 13.8 Å². The first kappa shape index (κ1) is 19.1. The van der Waals surface area contributed by atoms with Crippen LogP contribution in [0.3, 0.4) is 0 Å². The Morgan fingerprint density at radius 3 is 2.88 bits per heavy atom. The molecule has 140 valence electrons. The monoisotopic (exact) mass is 393 g/mol. The summed E-state index contributed by atoms with van der Waals surface area (Å²) in [6.07, 6.45) is 2.25. The number of carbonyl (C=O) groups excluding carboxylic acids is 2. The van der Waals surface area contributed by atoms with Crippen LogP contribution in [0.25, 0.3) is 0 Å². The van der Waals surface area contributed by atoms with Crippen molar-refractivity contribution in [3.8, 4) is 0 Å². The number of hydrogen-bond acceptors (Lipinski definition) is 5. The second kappa shape index (κ2) is 8.33. The summed E-state index contributed by atoms with van der Waals surface area (Å²) in [4.78, 5) is 28.6. The van der Waals surface area contributed by atoms with Crippen LogP contribution in [-0.4, -0.2) is 31.6 Å². The van der Waals surface area contributed by atoms with E-state index in [9.17, 15) is 9.59 Å². The molecule has 1 aliphatic heterocycles. The maximum atomic E-state index is 12.7. The Morgan fingerprint density at radius 2 is 2.19 bits per heavy atom. The third-order valence-corrected chi connectivity index (χ3v) is 6.98. The molecule has 2 aromatic heterocycles. The highest BCUT2D eigenvalue weighted by atomic mass is 32.1. The van der Waals surface area contributed by atoms with Gasteiger partial charge in [-0.15, -0.1) is 22.7 Å². The molecule has 0 aliphatic carbocycles. The van der Waals surface area contributed by atoms with Crippen LogP contribution < -0.4 is 10.2 Å². The van der Waals surface area contributed by atoms with Crippen LogP contribution in [0.5, 0.6) is 0 Å². The van der Waals surface area contributed by atoms with Gasteiger partial charge in [0.1, 0.15) is 11.0 Å². The molecule has 3 heterocycles. The lowest BCUT2D eigenvalue weighted by molar-refractivity contribution is -0.910. The molecular formula is C19H25N2O3S2+. The first-order valence-corrected chi connectivity index (χ1v) is 10.7. The number of esters is 1. The number of anilines is 1. The van der Waals surface area contributed by atoms with Gasteiger partial charge in [-0.05, 0) is 37.8 Å². The summed E-state index contributed by atoms with van der Waals surface area (Å²) >= 11 is 3.20. The molecule has 7 heteroatoms. The summed E-state index contributed by atoms with van der Waals surface area (Å²) in [6, 6.07) is 4.62. The lowest BCUT2D eigenvalue weighted by atomic mass is 10.1. The van der Waals surface area contributed by atoms with Gasteiger partial charge >= 0.3 is 5.97 Å². The number of rotatable bonds is 6. The van der Waals surface area contributed by atoms with Crippen molar-refractivity contribution in [2.75, 3.05) is 25.0 Å². The fraction of sp³-hybridized carbons (Fsp3) is 0.474. The van der Waals surface area contributed by atoms with Gasteiger partial charge in [-0.3, -0.25) is 4.79 Å². The van der Waals surface area contributed by atoms with Crippen molar-refractivity contribution < 1.29 is 19.2 Å². The van der Waals surface area contributed by atoms with Crippen molar-refractivity contribution in [2.24, 2.45) is 0 Å². The zero-order valence-electron chi connectivity index (χ0n) is 15.4. The number of hydrogen-bond donors (Lipinski definition) is 2. The van der Waals surface area contributed by atoms with E-state index >= 15 is 0 Å². The molecule has 1 fully saturated rings. The average molecular weight is 394 g/mol. The van der Waals surface area contributed by atoms with Gasteiger partial charge in [0.2, 0.25) is 0 Å². The number of nitrogens with one attached hydrogen (secondary N) is 2. The van der Waals surface area contributed by atoms with E-state index in [-0.39, 0.29) is 11.9 Å². The predicted octanol–water partition coefficient (Wildman–Crippen LogP) is 2.96. The minimum Gasteiger partial charge on any atom is -0.462 e. The predicted molar refractivity (Wildman–Crippen MR) is 105 cm³/mol. The van der Waals surface area contributed by atoms with Crippen LogP contribution in [0.2, 0.25) is 0 Å². The summed E-state index contributed by atoms with van der Waals surface area (Å²) in [5, 5.41) is 5.66. The van der Waals surface area contributed by atoms with Gasteiger partial charge in [-0.1, -0.05) is 6.07 Å². The zero-order valence-corrected chi connectivity index (χ0v) is 17.0. The minimum atomic E-state index is -0.366. The van der Waals surface area contributed by atoms with E-state index in [1.165, 1.54) is 21.1 Å². The van der Waals surface area contributed by atoms with Gasteiger partial charge in [0.25, 0.3) is 5.91 Å². The van der Waals surface area contributed by atoms with Crippen molar-refractivity contribution in [3.63, 3.8) is 0 Å². The zero-order chi connectivity index (χ0) is 18.7. The molecule has 1 amide bonds. The molecule has 1 saturated heterocycles. The van der Waals surface area contributed by atoms with Gasteiger partial charge < -0.3 is 15.0 Å². The summed E-state index contributed by atoms with van der Waals surface area (Å²) in [5.41, 5.74) is 1.38. The molecule has 0 radical (unpaired) electrons. The summed E-state index contributed by atoms with van der Waals surface area (Å²) < 4.78 is 5.16. The first-order chi connectivity index (χ1) is 12.5. The van der Waals surface area contributed by atoms with Gasteiger partial charge in [0.05, 0.1) is 23.6 Å². The summed E-state index contributed by atoms with van der Waals surface area (Å²) in [5.74, 6) is -0.412. The van der Waals surface area contributed by atoms with Crippen molar-refractivity contribution in [2.45, 2.75) is 39.7 Å². The quantitative estimate of drug-likeness (QED) is 0.742. The molecular weight excluding hydrogens is 368 g/mol. The number of quaternary nitrogens is 1. The Labute approximate surface area is 162 Å². The smallest absolute Gasteiger partial charge is 0.341 e. The maximum Gasteiger partial charge on any atom is 0.341 e. The van der Waals surface area contributed by atoms with Crippen LogP contribution in [0.1, 0.15) is 51.5 Å². The Kier molecular flexibility index (Phi) is 6.11. The first-order valence-electron chi connectivity index (χ1n) is 8.96. The minimum absolute atomic E-state index is 0.0461. The van der Waals surface area contributed by atoms with E-state index in [0.29, 0.717) is 29.8 Å². The Morgan fingerprint density at radius 1 is 1.38 bits per heavy atom. The van der Waals surface area contributed by atoms with Gasteiger partial charge in [0.15, 0.2) is 6.54 Å². The Bertz CT molecular complexity index is 783. The highest BCUT2D eigenvalue weighted by molar-refractivity contribution is 7.16. The molecule has 1 unspecified atom stereocenters. The van der Waals surface area contributed by atoms with Crippen LogP contribution in [-0.2, 0) is 9.53 Å². The summed E-state index contributed by atoms with van der Waals surface area (Å²) in [6.45, 7) is 7.38. The van der Waals surface area contributed by atoms with E-state index in [2.05, 4.69) is 22.8 Å². The highest BCUT2D eigenvalue weighted by Gasteiger charge is 2.32. The standard InChI is InChI=1S/C19H24N2O3S2/c1-4-24-19(23)17-12(2)13(3)26-18(17)20-16(22)11-21-9-5-7-14(21)15-8-6-10-25-15/h6,8,10,14H,4-5,7,9,11H2,1-3H3,(H,20,22)/p+1/t14-/m0/s1. The molecule has 0 saturated carbocycles. The third kappa shape index (κ3) is 4.00. The van der Waals surface area contributed by atoms with E-state index in [1.54, 1.807) is 18.3 Å². The van der Waals surface area contributed by atoms with Crippen LogP contribution in [0.4, 0.5) is 5.00 Å². The Balaban J connectivity index is 1.70. The van der Waals surface area contributed by atoms with Gasteiger partial charge in [0, 0.05) is 17.7 Å². The van der Waals surface area contributed by atoms with E-state index < -0.39 is 0 Å². The average Bonchev–Trinajstić information content (AvgIpc) is 3.30. The number of likely N-dealkylation sites (tertiary alicyclic amines) is 1. The van der Waals surface area contributed by atoms with Crippen molar-refractivity contribution in [1.29, 1.82) is 0 Å². The highest BCUT2D eigenvalue weighted by Crippen LogP contribution is 2.33. The van der Waals surface area contributed by atoms with Crippen molar-refractivity contribution >= 4 is 39.6 Å². The molecule has 2 atom stereocenters. The van der Waals surface area contributed by atoms with Crippen LogP contribution in [0.15, 0.2) is 17.5 Å². The number of thiophene rings is 2. The second-order valence-corrected chi connectivity index (χ2v) is 8.76. The largest absolute Gasteiger partial charge is 0.462 e. The lowest BCUT2D eigenvalue weighted by Gasteiger charge is -2.20. The number of amides is 1. The fourth-order valence-corrected chi connectivity index (χ4v) is 5.48. The summed E-state index contributed by atoms with van der Waals surface area (Å²) in [7, 11) is 0. The third-order valence-electron chi connectivity index (χ3n) is 4.88. The lowest BCUT2D eigenvalue weighted by Crippen LogP contribution is -3.11. The molecule has 0 aromatic carbocycles. The molecule has 1 aliphatic rings. The number of carbonyl (C=O) groups is 2. The van der Waals surface area contributed by atoms with Crippen molar-refractivity contribution in [1.82, 2.24) is 0 Å². The van der Waals surface area contributed by atoms with Crippen molar-refractivity contribution in [3.05, 3.63) is 38.4 Å². The topological polar surface area (TPSA) is 59.8 Å². The van der Waals surface area contributed by atoms with E-state index in [4.69, 9.17) is 4.74 Å². The number of ether oxygens (including phenoxy) is 1. The molecule has 26 heavy (non-hydrogen) atoms. The number of aryl methyl sites for hydroxylation is 1. The fourth-order valence-electron chi connectivity index (χ4n) is 3.50. The van der Waals surface area contributed by atoms with Gasteiger partial charge in [-0.2, -0.15) is 0 Å². The SMILES string of the molecule is CCOC(=O)c1c(NC(=O)C[NH+]2CCC[C@H]2c2cccs2)sc(C)c1C. The second-order valence-electron chi connectivity index (χ2n) is 6.55. The maximum absolute atomic E-state index is 12.7. The molecule has 5 nitrogen and oxygen atoms in total. The molecule has 2 N–H and O–H groups in total. The van der Waals surface area contributed by atoms with Crippen LogP contribution >= 0.6 is 22.7 Å². The Hall–Kier alpha value is -1.70. The van der Waals surface area contributed by atoms with Gasteiger partial charge in [-0.25, -0.2) is 4.79 Å². The molecule has 3 rings (SSSR count). The molecule has 2 aromatic rings. The van der Waals surface area contributed by atoms with E-state index in [0.717, 1.165) is 29.8 Å².